The third-order valence-electron chi connectivity index (χ3n) is 2.84. The van der Waals surface area contributed by atoms with Crippen LogP contribution >= 0.6 is 0 Å². The van der Waals surface area contributed by atoms with Gasteiger partial charge >= 0.3 is 0 Å². The lowest BCUT2D eigenvalue weighted by Crippen LogP contribution is -2.30. The molecule has 1 aliphatic rings. The van der Waals surface area contributed by atoms with Crippen molar-refractivity contribution in [1.29, 1.82) is 0 Å². The van der Waals surface area contributed by atoms with Gasteiger partial charge in [0.25, 0.3) is 0 Å². The maximum Gasteiger partial charge on any atom is 0.123 e. The number of nitrogens with one attached hydrogen (secondary N) is 1. The highest BCUT2D eigenvalue weighted by atomic mass is 19.1. The average molecular weight is 223 g/mol. The molecule has 2 heteroatoms. The SMILES string of the molecule is CC.Fc1ccc(C[C@@H]2CCCNC2)cc1. The van der Waals surface area contributed by atoms with E-state index in [0.717, 1.165) is 25.4 Å². The molecule has 0 bridgehead atoms. The number of benzene rings is 1. The summed E-state index contributed by atoms with van der Waals surface area (Å²) < 4.78 is 12.7. The number of rotatable bonds is 2. The van der Waals surface area contributed by atoms with Crippen molar-refractivity contribution in [1.82, 2.24) is 5.32 Å². The zero-order valence-electron chi connectivity index (χ0n) is 10.3. The second-order valence-corrected chi connectivity index (χ2v) is 4.04. The molecule has 1 N–H and O–H groups in total. The van der Waals surface area contributed by atoms with E-state index in [2.05, 4.69) is 5.32 Å². The summed E-state index contributed by atoms with van der Waals surface area (Å²) in [6.45, 7) is 6.26. The zero-order valence-corrected chi connectivity index (χ0v) is 10.3. The molecule has 1 aliphatic heterocycles. The van der Waals surface area contributed by atoms with E-state index in [-0.39, 0.29) is 5.82 Å². The average Bonchev–Trinajstić information content (AvgIpc) is 2.36. The Morgan fingerprint density at radius 1 is 1.25 bits per heavy atom. The fourth-order valence-electron chi connectivity index (χ4n) is 2.05. The van der Waals surface area contributed by atoms with Crippen LogP contribution in [0.1, 0.15) is 32.3 Å². The quantitative estimate of drug-likeness (QED) is 0.810. The fourth-order valence-corrected chi connectivity index (χ4v) is 2.05. The molecular formula is C14H22FN. The predicted octanol–water partition coefficient (Wildman–Crippen LogP) is 3.39. The van der Waals surface area contributed by atoms with Gasteiger partial charge in [0.2, 0.25) is 0 Å². The summed E-state index contributed by atoms with van der Waals surface area (Å²) in [4.78, 5) is 0. The van der Waals surface area contributed by atoms with E-state index in [1.54, 1.807) is 12.1 Å². The van der Waals surface area contributed by atoms with Gasteiger partial charge in [-0.3, -0.25) is 0 Å². The molecular weight excluding hydrogens is 201 g/mol. The Hall–Kier alpha value is -0.890. The molecule has 2 rings (SSSR count). The van der Waals surface area contributed by atoms with Gasteiger partial charge in [-0.15, -0.1) is 0 Å². The van der Waals surface area contributed by atoms with Crippen LogP contribution in [0.3, 0.4) is 0 Å². The second kappa shape index (κ2) is 7.39. The van der Waals surface area contributed by atoms with Crippen LogP contribution in [-0.2, 0) is 6.42 Å². The van der Waals surface area contributed by atoms with Crippen LogP contribution in [0.4, 0.5) is 4.39 Å². The molecule has 90 valence electrons. The minimum atomic E-state index is -0.143. The van der Waals surface area contributed by atoms with Crippen molar-refractivity contribution < 1.29 is 4.39 Å². The lowest BCUT2D eigenvalue weighted by molar-refractivity contribution is 0.376. The number of halogens is 1. The second-order valence-electron chi connectivity index (χ2n) is 4.04. The van der Waals surface area contributed by atoms with Crippen molar-refractivity contribution in [2.24, 2.45) is 5.92 Å². The molecule has 0 unspecified atom stereocenters. The van der Waals surface area contributed by atoms with Gasteiger partial charge in [-0.2, -0.15) is 0 Å². The largest absolute Gasteiger partial charge is 0.316 e. The van der Waals surface area contributed by atoms with E-state index in [9.17, 15) is 4.39 Å². The van der Waals surface area contributed by atoms with E-state index < -0.39 is 0 Å². The molecule has 0 spiro atoms. The monoisotopic (exact) mass is 223 g/mol. The van der Waals surface area contributed by atoms with Crippen molar-refractivity contribution >= 4 is 0 Å². The first-order chi connectivity index (χ1) is 7.84. The summed E-state index contributed by atoms with van der Waals surface area (Å²) in [6, 6.07) is 6.88. The molecule has 0 saturated carbocycles. The Bertz CT molecular complexity index is 275. The molecule has 0 aliphatic carbocycles. The van der Waals surface area contributed by atoms with E-state index in [1.807, 2.05) is 26.0 Å². The summed E-state index contributed by atoms with van der Waals surface area (Å²) in [7, 11) is 0. The molecule has 16 heavy (non-hydrogen) atoms. The molecule has 1 heterocycles. The van der Waals surface area contributed by atoms with Gasteiger partial charge in [0.1, 0.15) is 5.82 Å². The van der Waals surface area contributed by atoms with Gasteiger partial charge in [0, 0.05) is 0 Å². The zero-order chi connectivity index (χ0) is 11.8. The smallest absolute Gasteiger partial charge is 0.123 e. The summed E-state index contributed by atoms with van der Waals surface area (Å²) in [5.74, 6) is 0.588. The first kappa shape index (κ1) is 13.2. The van der Waals surface area contributed by atoms with Crippen molar-refractivity contribution in [2.45, 2.75) is 33.1 Å². The first-order valence-electron chi connectivity index (χ1n) is 6.30. The lowest BCUT2D eigenvalue weighted by Gasteiger charge is -2.22. The highest BCUT2D eigenvalue weighted by molar-refractivity contribution is 5.16. The summed E-state index contributed by atoms with van der Waals surface area (Å²) in [5, 5.41) is 3.39. The maximum atomic E-state index is 12.7. The van der Waals surface area contributed by atoms with Crippen LogP contribution in [0.5, 0.6) is 0 Å². The lowest BCUT2D eigenvalue weighted by atomic mass is 9.92. The van der Waals surface area contributed by atoms with Crippen molar-refractivity contribution in [2.75, 3.05) is 13.1 Å². The number of piperidine rings is 1. The number of hydrogen-bond donors (Lipinski definition) is 1. The normalized spacial score (nSPS) is 19.8. The van der Waals surface area contributed by atoms with E-state index in [1.165, 1.54) is 18.4 Å². The Morgan fingerprint density at radius 3 is 2.50 bits per heavy atom. The van der Waals surface area contributed by atoms with E-state index in [4.69, 9.17) is 0 Å². The Kier molecular flexibility index (Phi) is 6.09. The van der Waals surface area contributed by atoms with Gasteiger partial charge in [0.05, 0.1) is 0 Å². The molecule has 0 radical (unpaired) electrons. The Morgan fingerprint density at radius 2 is 1.94 bits per heavy atom. The van der Waals surface area contributed by atoms with Crippen molar-refractivity contribution in [3.8, 4) is 0 Å². The molecule has 0 amide bonds. The van der Waals surface area contributed by atoms with Gasteiger partial charge in [-0.05, 0) is 56.0 Å². The minimum absolute atomic E-state index is 0.143. The fraction of sp³-hybridized carbons (Fsp3) is 0.571. The molecule has 1 atom stereocenters. The summed E-state index contributed by atoms with van der Waals surface area (Å²) in [5.41, 5.74) is 1.25. The van der Waals surface area contributed by atoms with Gasteiger partial charge < -0.3 is 5.32 Å². The van der Waals surface area contributed by atoms with Crippen LogP contribution in [0.15, 0.2) is 24.3 Å². The Labute approximate surface area is 98.1 Å². The van der Waals surface area contributed by atoms with Gasteiger partial charge in [-0.1, -0.05) is 26.0 Å². The third-order valence-corrected chi connectivity index (χ3v) is 2.84. The van der Waals surface area contributed by atoms with Crippen LogP contribution in [-0.4, -0.2) is 13.1 Å². The van der Waals surface area contributed by atoms with Crippen LogP contribution in [0, 0.1) is 11.7 Å². The van der Waals surface area contributed by atoms with Crippen LogP contribution in [0.25, 0.3) is 0 Å². The summed E-state index contributed by atoms with van der Waals surface area (Å²) >= 11 is 0. The number of hydrogen-bond acceptors (Lipinski definition) is 1. The van der Waals surface area contributed by atoms with E-state index in [0.29, 0.717) is 0 Å². The molecule has 0 aromatic heterocycles. The molecule has 1 fully saturated rings. The van der Waals surface area contributed by atoms with Gasteiger partial charge in [0.15, 0.2) is 0 Å². The van der Waals surface area contributed by atoms with Crippen molar-refractivity contribution in [3.63, 3.8) is 0 Å². The van der Waals surface area contributed by atoms with Crippen LogP contribution in [0.2, 0.25) is 0 Å². The molecule has 1 saturated heterocycles. The van der Waals surface area contributed by atoms with Crippen molar-refractivity contribution in [3.05, 3.63) is 35.6 Å². The molecule has 1 aromatic carbocycles. The highest BCUT2D eigenvalue weighted by Crippen LogP contribution is 2.16. The topological polar surface area (TPSA) is 12.0 Å². The Balaban J connectivity index is 0.000000606. The predicted molar refractivity (Wildman–Crippen MR) is 67.0 cm³/mol. The maximum absolute atomic E-state index is 12.7. The highest BCUT2D eigenvalue weighted by Gasteiger charge is 2.12. The summed E-state index contributed by atoms with van der Waals surface area (Å²) in [6.07, 6.45) is 3.64. The van der Waals surface area contributed by atoms with E-state index >= 15 is 0 Å². The first-order valence-corrected chi connectivity index (χ1v) is 6.30. The van der Waals surface area contributed by atoms with Gasteiger partial charge in [-0.25, -0.2) is 4.39 Å². The molecule has 1 aromatic rings. The van der Waals surface area contributed by atoms with Crippen LogP contribution < -0.4 is 5.32 Å². The minimum Gasteiger partial charge on any atom is -0.316 e. The third kappa shape index (κ3) is 4.31. The molecule has 1 nitrogen and oxygen atoms in total. The standard InChI is InChI=1S/C12H16FN.C2H6/c13-12-5-3-10(4-6-12)8-11-2-1-7-14-9-11;1-2/h3-6,11,14H,1-2,7-9H2;1-2H3/t11-;/m0./s1.